The number of anilines is 1. The van der Waals surface area contributed by atoms with E-state index in [1.165, 1.54) is 20.8 Å². The molecular formula is C25H25ClN4O4S. The molecule has 1 saturated heterocycles. The Bertz CT molecular complexity index is 1460. The van der Waals surface area contributed by atoms with E-state index >= 15 is 0 Å². The lowest BCUT2D eigenvalue weighted by Gasteiger charge is -2.35. The van der Waals surface area contributed by atoms with Crippen molar-refractivity contribution in [1.29, 1.82) is 0 Å². The summed E-state index contributed by atoms with van der Waals surface area (Å²) in [5, 5.41) is 4.89. The molecule has 2 heterocycles. The molecule has 10 heteroatoms. The number of allylic oxidation sites excluding steroid dienone is 1. The molecule has 0 unspecified atom stereocenters. The van der Waals surface area contributed by atoms with E-state index in [-0.39, 0.29) is 5.75 Å². The third-order valence-corrected chi connectivity index (χ3v) is 7.80. The van der Waals surface area contributed by atoms with Crippen molar-refractivity contribution in [3.8, 4) is 11.4 Å². The van der Waals surface area contributed by atoms with Gasteiger partial charge in [-0.15, -0.1) is 0 Å². The van der Waals surface area contributed by atoms with Gasteiger partial charge in [-0.2, -0.15) is 14.1 Å². The number of sulfonamides is 1. The molecule has 182 valence electrons. The molecule has 1 aliphatic carbocycles. The molecule has 2 aromatic carbocycles. The molecular weight excluding hydrogens is 488 g/mol. The third-order valence-electron chi connectivity index (χ3n) is 6.26. The van der Waals surface area contributed by atoms with Gasteiger partial charge in [0.15, 0.2) is 0 Å². The lowest BCUT2D eigenvalue weighted by Crippen LogP contribution is -2.48. The number of fused-ring (bicyclic) bond motifs is 1. The fourth-order valence-electron chi connectivity index (χ4n) is 4.42. The fraction of sp³-hybridized carbons (Fsp3) is 0.280. The zero-order chi connectivity index (χ0) is 24.6. The first-order chi connectivity index (χ1) is 16.8. The summed E-state index contributed by atoms with van der Waals surface area (Å²) in [5.41, 5.74) is 2.98. The van der Waals surface area contributed by atoms with Crippen LogP contribution in [-0.2, 0) is 16.4 Å². The molecule has 1 aliphatic heterocycles. The van der Waals surface area contributed by atoms with Gasteiger partial charge in [0.2, 0.25) is 15.8 Å². The van der Waals surface area contributed by atoms with Crippen LogP contribution in [0.3, 0.4) is 0 Å². The van der Waals surface area contributed by atoms with Crippen molar-refractivity contribution in [3.63, 3.8) is 0 Å². The molecule has 5 rings (SSSR count). The number of nitrogens with zero attached hydrogens (tertiary/aromatic N) is 4. The molecule has 8 nitrogen and oxygen atoms in total. The van der Waals surface area contributed by atoms with Crippen molar-refractivity contribution in [2.75, 3.05) is 37.3 Å². The maximum absolute atomic E-state index is 13.7. The Kier molecular flexibility index (Phi) is 6.39. The quantitative estimate of drug-likeness (QED) is 0.521. The molecule has 0 radical (unpaired) electrons. The van der Waals surface area contributed by atoms with E-state index in [0.29, 0.717) is 54.8 Å². The minimum atomic E-state index is -3.28. The second-order valence-corrected chi connectivity index (χ2v) is 11.0. The lowest BCUT2D eigenvalue weighted by atomic mass is 9.96. The summed E-state index contributed by atoms with van der Waals surface area (Å²) in [6, 6.07) is 15.0. The van der Waals surface area contributed by atoms with Crippen LogP contribution in [0.5, 0.6) is 5.75 Å². The van der Waals surface area contributed by atoms with Crippen LogP contribution in [0, 0.1) is 0 Å². The van der Waals surface area contributed by atoms with Gasteiger partial charge in [0.1, 0.15) is 11.4 Å². The normalized spacial score (nSPS) is 16.5. The number of rotatable bonds is 5. The van der Waals surface area contributed by atoms with Crippen molar-refractivity contribution >= 4 is 33.4 Å². The largest absolute Gasteiger partial charge is 0.454 e. The van der Waals surface area contributed by atoms with Crippen LogP contribution < -0.4 is 15.2 Å². The highest BCUT2D eigenvalue weighted by Crippen LogP contribution is 2.31. The van der Waals surface area contributed by atoms with E-state index < -0.39 is 15.6 Å². The minimum Gasteiger partial charge on any atom is -0.454 e. The molecule has 3 aromatic rings. The molecule has 0 N–H and O–H groups in total. The van der Waals surface area contributed by atoms with Crippen molar-refractivity contribution in [2.45, 2.75) is 12.8 Å². The number of aryl methyl sites for hydroxylation is 1. The molecule has 0 spiro atoms. The average molecular weight is 513 g/mol. The molecule has 1 fully saturated rings. The summed E-state index contributed by atoms with van der Waals surface area (Å²) in [6.07, 6.45) is 6.26. The van der Waals surface area contributed by atoms with E-state index in [9.17, 15) is 13.2 Å². The first kappa shape index (κ1) is 23.6. The zero-order valence-corrected chi connectivity index (χ0v) is 20.8. The Balaban J connectivity index is 1.54. The Morgan fingerprint density at radius 1 is 1.00 bits per heavy atom. The summed E-state index contributed by atoms with van der Waals surface area (Å²) in [4.78, 5) is 15.6. The Labute approximate surface area is 209 Å². The maximum atomic E-state index is 13.7. The van der Waals surface area contributed by atoms with Gasteiger partial charge in [-0.3, -0.25) is 4.79 Å². The predicted molar refractivity (Wildman–Crippen MR) is 137 cm³/mol. The Morgan fingerprint density at radius 2 is 1.77 bits per heavy atom. The van der Waals surface area contributed by atoms with Gasteiger partial charge >= 0.3 is 5.56 Å². The minimum absolute atomic E-state index is 0.165. The van der Waals surface area contributed by atoms with Crippen LogP contribution in [-0.4, -0.2) is 54.9 Å². The standard InChI is InChI=1S/C25H25ClN4O4S/c1-35(32,33)29-13-11-28(12-14-29)23-17-27-30(21-8-4-7-20(26)16-21)25(31)24(23)34-22-10-9-18-5-2-3-6-19(18)15-22/h2-8,15-17H,9-14H2,1H3. The first-order valence-corrected chi connectivity index (χ1v) is 13.6. The van der Waals surface area contributed by atoms with Gasteiger partial charge in [0, 0.05) is 37.6 Å². The van der Waals surface area contributed by atoms with Crippen molar-refractivity contribution < 1.29 is 13.2 Å². The van der Waals surface area contributed by atoms with E-state index in [1.54, 1.807) is 30.5 Å². The van der Waals surface area contributed by atoms with E-state index in [0.717, 1.165) is 12.0 Å². The molecule has 0 atom stereocenters. The molecule has 2 aliphatic rings. The molecule has 0 amide bonds. The smallest absolute Gasteiger partial charge is 0.316 e. The number of benzene rings is 2. The topological polar surface area (TPSA) is 84.7 Å². The zero-order valence-electron chi connectivity index (χ0n) is 19.2. The molecule has 0 saturated carbocycles. The lowest BCUT2D eigenvalue weighted by molar-refractivity contribution is 0.375. The molecule has 1 aromatic heterocycles. The van der Waals surface area contributed by atoms with Gasteiger partial charge in [-0.05, 0) is 41.8 Å². The average Bonchev–Trinajstić information content (AvgIpc) is 2.85. The van der Waals surface area contributed by atoms with Crippen molar-refractivity contribution in [3.05, 3.63) is 87.0 Å². The highest BCUT2D eigenvalue weighted by atomic mass is 35.5. The van der Waals surface area contributed by atoms with E-state index in [2.05, 4.69) is 11.2 Å². The maximum Gasteiger partial charge on any atom is 0.316 e. The van der Waals surface area contributed by atoms with Crippen LogP contribution in [0.1, 0.15) is 17.5 Å². The number of hydrogen-bond acceptors (Lipinski definition) is 6. The van der Waals surface area contributed by atoms with Crippen molar-refractivity contribution in [1.82, 2.24) is 14.1 Å². The predicted octanol–water partition coefficient (Wildman–Crippen LogP) is 3.33. The summed E-state index contributed by atoms with van der Waals surface area (Å²) < 4.78 is 32.9. The number of hydrogen-bond donors (Lipinski definition) is 0. The van der Waals surface area contributed by atoms with Crippen LogP contribution in [0.2, 0.25) is 5.02 Å². The number of aromatic nitrogens is 2. The van der Waals surface area contributed by atoms with Gasteiger partial charge < -0.3 is 9.64 Å². The summed E-state index contributed by atoms with van der Waals surface area (Å²) in [5.74, 6) is 0.860. The van der Waals surface area contributed by atoms with E-state index in [1.807, 2.05) is 29.2 Å². The second kappa shape index (κ2) is 9.49. The molecule has 0 bridgehead atoms. The Morgan fingerprint density at radius 3 is 2.51 bits per heavy atom. The van der Waals surface area contributed by atoms with Crippen molar-refractivity contribution in [2.24, 2.45) is 0 Å². The van der Waals surface area contributed by atoms with E-state index in [4.69, 9.17) is 16.3 Å². The van der Waals surface area contributed by atoms with Crippen LogP contribution >= 0.6 is 11.6 Å². The number of ether oxygens (including phenoxy) is 1. The highest BCUT2D eigenvalue weighted by Gasteiger charge is 2.28. The monoisotopic (exact) mass is 512 g/mol. The van der Waals surface area contributed by atoms with Gasteiger partial charge in [0.05, 0.1) is 18.1 Å². The van der Waals surface area contributed by atoms with Crippen LogP contribution in [0.4, 0.5) is 5.69 Å². The van der Waals surface area contributed by atoms with Gasteiger partial charge in [0.25, 0.3) is 0 Å². The van der Waals surface area contributed by atoms with Crippen LogP contribution in [0.15, 0.2) is 65.3 Å². The fourth-order valence-corrected chi connectivity index (χ4v) is 5.43. The number of halogens is 1. The number of piperazine rings is 1. The van der Waals surface area contributed by atoms with Crippen LogP contribution in [0.25, 0.3) is 11.8 Å². The third kappa shape index (κ3) is 4.98. The van der Waals surface area contributed by atoms with Gasteiger partial charge in [-0.1, -0.05) is 41.9 Å². The van der Waals surface area contributed by atoms with Gasteiger partial charge in [-0.25, -0.2) is 8.42 Å². The first-order valence-electron chi connectivity index (χ1n) is 11.3. The SMILES string of the molecule is CS(=O)(=O)N1CCN(c2cnn(-c3cccc(Cl)c3)c(=O)c2OC2=Cc3ccccc3CC2)CC1. The summed E-state index contributed by atoms with van der Waals surface area (Å²) >= 11 is 6.15. The molecule has 35 heavy (non-hydrogen) atoms. The second-order valence-electron chi connectivity index (χ2n) is 8.62. The Hall–Kier alpha value is -3.14. The highest BCUT2D eigenvalue weighted by molar-refractivity contribution is 7.88. The summed E-state index contributed by atoms with van der Waals surface area (Å²) in [6.45, 7) is 1.50. The summed E-state index contributed by atoms with van der Waals surface area (Å²) in [7, 11) is -3.28.